The van der Waals surface area contributed by atoms with E-state index < -0.39 is 30.2 Å². The highest BCUT2D eigenvalue weighted by atomic mass is 16.5. The van der Waals surface area contributed by atoms with Crippen molar-refractivity contribution < 1.29 is 29.0 Å². The van der Waals surface area contributed by atoms with Gasteiger partial charge >= 0.3 is 5.97 Å². The van der Waals surface area contributed by atoms with Gasteiger partial charge in [0.1, 0.15) is 30.0 Å². The number of benzene rings is 2. The topological polar surface area (TPSA) is 164 Å². The number of carboxylic acid groups (broad SMARTS) is 1. The summed E-state index contributed by atoms with van der Waals surface area (Å²) in [6.45, 7) is 4.81. The molecule has 2 aromatic rings. The maximum Gasteiger partial charge on any atom is 0.305 e. The highest BCUT2D eigenvalue weighted by Gasteiger charge is 2.23. The average molecular weight is 499 g/mol. The largest absolute Gasteiger partial charge is 0.494 e. The van der Waals surface area contributed by atoms with Crippen LogP contribution < -0.4 is 25.8 Å². The number of carboxylic acids is 1. The van der Waals surface area contributed by atoms with Crippen molar-refractivity contribution >= 4 is 23.6 Å². The minimum absolute atomic E-state index is 0.0397. The molecule has 0 aliphatic carbocycles. The Balaban J connectivity index is 1.72. The second-order valence-electron chi connectivity index (χ2n) is 8.47. The molecule has 0 saturated heterocycles. The molecule has 0 heterocycles. The van der Waals surface area contributed by atoms with Crippen molar-refractivity contribution in [3.8, 4) is 11.5 Å². The zero-order valence-electron chi connectivity index (χ0n) is 20.6. The molecular weight excluding hydrogens is 464 g/mol. The Kier molecular flexibility index (Phi) is 11.2. The highest BCUT2D eigenvalue weighted by Crippen LogP contribution is 2.18. The van der Waals surface area contributed by atoms with Crippen molar-refractivity contribution in [2.75, 3.05) is 19.8 Å². The summed E-state index contributed by atoms with van der Waals surface area (Å²) in [7, 11) is 0. The van der Waals surface area contributed by atoms with Gasteiger partial charge in [-0.15, -0.1) is 0 Å². The molecule has 194 valence electrons. The van der Waals surface area contributed by atoms with E-state index in [2.05, 4.69) is 24.5 Å². The Morgan fingerprint density at radius 1 is 0.972 bits per heavy atom. The Bertz CT molecular complexity index is 1020. The van der Waals surface area contributed by atoms with Gasteiger partial charge in [-0.3, -0.25) is 19.8 Å². The molecule has 10 nitrogen and oxygen atoms in total. The minimum atomic E-state index is -1.20. The molecule has 0 aromatic heterocycles. The van der Waals surface area contributed by atoms with Gasteiger partial charge < -0.3 is 30.9 Å². The fraction of sp³-hybridized carbons (Fsp3) is 0.385. The second-order valence-corrected chi connectivity index (χ2v) is 8.47. The highest BCUT2D eigenvalue weighted by molar-refractivity contribution is 5.95. The first-order valence-electron chi connectivity index (χ1n) is 11.7. The Labute approximate surface area is 210 Å². The summed E-state index contributed by atoms with van der Waals surface area (Å²) in [4.78, 5) is 35.9. The van der Waals surface area contributed by atoms with Crippen molar-refractivity contribution in [3.63, 3.8) is 0 Å². The van der Waals surface area contributed by atoms with Crippen LogP contribution in [0.15, 0.2) is 48.5 Å². The summed E-state index contributed by atoms with van der Waals surface area (Å²) < 4.78 is 11.2. The minimum Gasteiger partial charge on any atom is -0.494 e. The lowest BCUT2D eigenvalue weighted by molar-refractivity contribution is -0.140. The second kappa shape index (κ2) is 14.3. The average Bonchev–Trinajstić information content (AvgIpc) is 2.84. The number of aliphatic carboxylic acids is 1. The van der Waals surface area contributed by atoms with Crippen molar-refractivity contribution in [2.45, 2.75) is 45.1 Å². The van der Waals surface area contributed by atoms with Crippen LogP contribution in [0.5, 0.6) is 11.5 Å². The number of amidine groups is 1. The molecule has 2 aromatic carbocycles. The third kappa shape index (κ3) is 10.0. The van der Waals surface area contributed by atoms with Crippen LogP contribution in [-0.4, -0.2) is 54.5 Å². The van der Waals surface area contributed by atoms with E-state index in [1.165, 1.54) is 5.56 Å². The third-order valence-corrected chi connectivity index (χ3v) is 5.23. The van der Waals surface area contributed by atoms with Gasteiger partial charge in [0.2, 0.25) is 11.8 Å². The fourth-order valence-electron chi connectivity index (χ4n) is 3.22. The number of carbonyl (C=O) groups is 3. The molecule has 0 radical (unpaired) electrons. The lowest BCUT2D eigenvalue weighted by atomic mass is 10.0. The maximum absolute atomic E-state index is 12.4. The molecule has 0 aliphatic heterocycles. The predicted molar refractivity (Wildman–Crippen MR) is 135 cm³/mol. The van der Waals surface area contributed by atoms with Crippen LogP contribution in [0.2, 0.25) is 0 Å². The lowest BCUT2D eigenvalue weighted by Gasteiger charge is -2.17. The van der Waals surface area contributed by atoms with Gasteiger partial charge in [0, 0.05) is 12.0 Å². The number of carbonyl (C=O) groups excluding carboxylic acids is 2. The van der Waals surface area contributed by atoms with E-state index in [1.807, 2.05) is 24.3 Å². The summed E-state index contributed by atoms with van der Waals surface area (Å²) in [5.41, 5.74) is 7.18. The standard InChI is InChI=1S/C26H34N4O6/c1-17(2)18-5-9-21(10-6-18)36-15-13-29-26(34)22(16-24(32)33)30-23(31)4-3-14-35-20-11-7-19(8-12-20)25(27)28/h5-12,17,22H,3-4,13-16H2,1-2H3,(H3,27,28)(H,29,34)(H,30,31)(H,32,33). The molecular formula is C26H34N4O6. The van der Waals surface area contributed by atoms with E-state index in [1.54, 1.807) is 24.3 Å². The molecule has 10 heteroatoms. The molecule has 0 saturated carbocycles. The van der Waals surface area contributed by atoms with Crippen LogP contribution in [0.1, 0.15) is 50.2 Å². The van der Waals surface area contributed by atoms with Crippen LogP contribution in [0.3, 0.4) is 0 Å². The smallest absolute Gasteiger partial charge is 0.305 e. The van der Waals surface area contributed by atoms with E-state index >= 15 is 0 Å². The molecule has 1 atom stereocenters. The van der Waals surface area contributed by atoms with Gasteiger partial charge in [-0.05, 0) is 54.3 Å². The number of hydrogen-bond donors (Lipinski definition) is 5. The SMILES string of the molecule is CC(C)c1ccc(OCCNC(=O)C(CC(=O)O)NC(=O)CCCOc2ccc(C(=N)N)cc2)cc1. The van der Waals surface area contributed by atoms with Crippen molar-refractivity contribution in [1.29, 1.82) is 5.41 Å². The van der Waals surface area contributed by atoms with Crippen molar-refractivity contribution in [3.05, 3.63) is 59.7 Å². The first-order valence-corrected chi connectivity index (χ1v) is 11.7. The van der Waals surface area contributed by atoms with Crippen LogP contribution in [0.4, 0.5) is 0 Å². The number of nitrogens with one attached hydrogen (secondary N) is 3. The van der Waals surface area contributed by atoms with Gasteiger partial charge in [-0.25, -0.2) is 0 Å². The fourth-order valence-corrected chi connectivity index (χ4v) is 3.22. The Morgan fingerprint density at radius 2 is 1.56 bits per heavy atom. The molecule has 0 spiro atoms. The lowest BCUT2D eigenvalue weighted by Crippen LogP contribution is -2.48. The first kappa shape index (κ1) is 28.2. The summed E-state index contributed by atoms with van der Waals surface area (Å²) in [6, 6.07) is 13.1. The molecule has 1 unspecified atom stereocenters. The summed E-state index contributed by atoms with van der Waals surface area (Å²) in [5.74, 6) is -0.628. The van der Waals surface area contributed by atoms with Gasteiger partial charge in [0.05, 0.1) is 19.6 Å². The predicted octanol–water partition coefficient (Wildman–Crippen LogP) is 2.41. The van der Waals surface area contributed by atoms with Gasteiger partial charge in [0.15, 0.2) is 0 Å². The number of amides is 2. The van der Waals surface area contributed by atoms with E-state index in [-0.39, 0.29) is 32.0 Å². The Hall–Kier alpha value is -4.08. The molecule has 36 heavy (non-hydrogen) atoms. The zero-order chi connectivity index (χ0) is 26.5. The third-order valence-electron chi connectivity index (χ3n) is 5.23. The van der Waals surface area contributed by atoms with Gasteiger partial charge in [-0.1, -0.05) is 26.0 Å². The molecule has 2 amide bonds. The van der Waals surface area contributed by atoms with E-state index in [9.17, 15) is 14.4 Å². The van der Waals surface area contributed by atoms with Gasteiger partial charge in [0.25, 0.3) is 0 Å². The van der Waals surface area contributed by atoms with Crippen LogP contribution in [-0.2, 0) is 14.4 Å². The van der Waals surface area contributed by atoms with Crippen LogP contribution >= 0.6 is 0 Å². The van der Waals surface area contributed by atoms with E-state index in [0.717, 1.165) is 0 Å². The number of rotatable bonds is 15. The van der Waals surface area contributed by atoms with E-state index in [0.29, 0.717) is 29.4 Å². The van der Waals surface area contributed by atoms with Crippen LogP contribution in [0.25, 0.3) is 0 Å². The summed E-state index contributed by atoms with van der Waals surface area (Å²) >= 11 is 0. The number of nitrogens with two attached hydrogens (primary N) is 1. The monoisotopic (exact) mass is 498 g/mol. The van der Waals surface area contributed by atoms with Crippen molar-refractivity contribution in [2.24, 2.45) is 5.73 Å². The normalized spacial score (nSPS) is 11.4. The first-order chi connectivity index (χ1) is 17.2. The van der Waals surface area contributed by atoms with E-state index in [4.69, 9.17) is 25.7 Å². The van der Waals surface area contributed by atoms with Crippen LogP contribution in [0, 0.1) is 5.41 Å². The Morgan fingerprint density at radius 3 is 2.11 bits per heavy atom. The summed E-state index contributed by atoms with van der Waals surface area (Å²) in [6.07, 6.45) is -0.107. The molecule has 0 aliphatic rings. The number of nitrogen functional groups attached to an aromatic ring is 1. The van der Waals surface area contributed by atoms with Gasteiger partial charge in [-0.2, -0.15) is 0 Å². The molecule has 2 rings (SSSR count). The number of hydrogen-bond acceptors (Lipinski definition) is 6. The molecule has 6 N–H and O–H groups in total. The number of ether oxygens (including phenoxy) is 2. The summed E-state index contributed by atoms with van der Waals surface area (Å²) in [5, 5.41) is 21.6. The van der Waals surface area contributed by atoms with Crippen molar-refractivity contribution in [1.82, 2.24) is 10.6 Å². The maximum atomic E-state index is 12.4. The molecule has 0 fully saturated rings. The zero-order valence-corrected chi connectivity index (χ0v) is 20.6. The quantitative estimate of drug-likeness (QED) is 0.143. The molecule has 0 bridgehead atoms.